The van der Waals surface area contributed by atoms with Crippen molar-refractivity contribution in [2.75, 3.05) is 17.4 Å². The Hall–Kier alpha value is -1.66. The summed E-state index contributed by atoms with van der Waals surface area (Å²) in [5.74, 6) is 7.18. The van der Waals surface area contributed by atoms with Crippen LogP contribution in [-0.4, -0.2) is 17.0 Å². The number of hydrogen-bond donors (Lipinski definition) is 2. The quantitative estimate of drug-likeness (QED) is 0.627. The SMILES string of the molecule is CCCc1c(NN)ncnc1N(C)Cc1ccsc1. The molecule has 0 amide bonds. The van der Waals surface area contributed by atoms with Crippen LogP contribution < -0.4 is 16.2 Å². The normalized spacial score (nSPS) is 10.5. The van der Waals surface area contributed by atoms with Gasteiger partial charge in [-0.1, -0.05) is 13.3 Å². The Labute approximate surface area is 117 Å². The predicted octanol–water partition coefficient (Wildman–Crippen LogP) is 2.41. The lowest BCUT2D eigenvalue weighted by Gasteiger charge is -2.21. The van der Waals surface area contributed by atoms with Gasteiger partial charge in [-0.3, -0.25) is 0 Å². The van der Waals surface area contributed by atoms with Gasteiger partial charge in [0.05, 0.1) is 0 Å². The number of nitrogens with two attached hydrogens (primary N) is 1. The van der Waals surface area contributed by atoms with Crippen molar-refractivity contribution in [1.29, 1.82) is 0 Å². The van der Waals surface area contributed by atoms with Crippen LogP contribution in [0.2, 0.25) is 0 Å². The van der Waals surface area contributed by atoms with Gasteiger partial charge in [-0.15, -0.1) is 0 Å². The standard InChI is InChI=1S/C13H19N5S/c1-3-4-11-12(17-14)15-9-16-13(11)18(2)7-10-5-6-19-8-10/h5-6,8-9H,3-4,7,14H2,1-2H3,(H,15,16,17). The van der Waals surface area contributed by atoms with E-state index >= 15 is 0 Å². The molecular weight excluding hydrogens is 258 g/mol. The lowest BCUT2D eigenvalue weighted by molar-refractivity contribution is 0.844. The molecule has 19 heavy (non-hydrogen) atoms. The molecule has 0 aliphatic carbocycles. The minimum absolute atomic E-state index is 0.712. The highest BCUT2D eigenvalue weighted by atomic mass is 32.1. The first-order chi connectivity index (χ1) is 9.26. The van der Waals surface area contributed by atoms with Crippen LogP contribution in [0.1, 0.15) is 24.5 Å². The van der Waals surface area contributed by atoms with Gasteiger partial charge in [0.1, 0.15) is 18.0 Å². The van der Waals surface area contributed by atoms with E-state index in [9.17, 15) is 0 Å². The van der Waals surface area contributed by atoms with E-state index in [0.717, 1.165) is 30.8 Å². The van der Waals surface area contributed by atoms with Crippen molar-refractivity contribution in [3.63, 3.8) is 0 Å². The van der Waals surface area contributed by atoms with Gasteiger partial charge in [-0.2, -0.15) is 11.3 Å². The van der Waals surface area contributed by atoms with Gasteiger partial charge in [-0.25, -0.2) is 15.8 Å². The molecule has 0 bridgehead atoms. The Bertz CT molecular complexity index is 512. The third-order valence-corrected chi connectivity index (χ3v) is 3.65. The molecule has 0 spiro atoms. The molecule has 2 aromatic rings. The van der Waals surface area contributed by atoms with E-state index in [1.54, 1.807) is 17.7 Å². The fourth-order valence-corrected chi connectivity index (χ4v) is 2.73. The van der Waals surface area contributed by atoms with Crippen LogP contribution in [0.3, 0.4) is 0 Å². The van der Waals surface area contributed by atoms with E-state index in [2.05, 4.69) is 44.0 Å². The Kier molecular flexibility index (Phi) is 4.70. The molecule has 0 aliphatic rings. The Morgan fingerprint density at radius 3 is 2.89 bits per heavy atom. The summed E-state index contributed by atoms with van der Waals surface area (Å²) in [5.41, 5.74) is 5.02. The van der Waals surface area contributed by atoms with Gasteiger partial charge in [-0.05, 0) is 28.8 Å². The summed E-state index contributed by atoms with van der Waals surface area (Å²) < 4.78 is 0. The number of rotatable bonds is 6. The molecule has 102 valence electrons. The van der Waals surface area contributed by atoms with Crippen LogP contribution in [0.4, 0.5) is 11.6 Å². The Morgan fingerprint density at radius 2 is 2.26 bits per heavy atom. The summed E-state index contributed by atoms with van der Waals surface area (Å²) in [5, 5.41) is 4.24. The van der Waals surface area contributed by atoms with E-state index in [4.69, 9.17) is 5.84 Å². The van der Waals surface area contributed by atoms with Crippen molar-refractivity contribution in [3.05, 3.63) is 34.3 Å². The average molecular weight is 277 g/mol. The molecule has 0 unspecified atom stereocenters. The predicted molar refractivity (Wildman–Crippen MR) is 80.3 cm³/mol. The summed E-state index contributed by atoms with van der Waals surface area (Å²) in [6, 6.07) is 2.13. The summed E-state index contributed by atoms with van der Waals surface area (Å²) in [7, 11) is 2.04. The van der Waals surface area contributed by atoms with Crippen molar-refractivity contribution in [1.82, 2.24) is 9.97 Å². The molecular formula is C13H19N5S. The fraction of sp³-hybridized carbons (Fsp3) is 0.385. The lowest BCUT2D eigenvalue weighted by atomic mass is 10.1. The maximum atomic E-state index is 5.53. The molecule has 2 aromatic heterocycles. The number of nitrogen functional groups attached to an aromatic ring is 1. The smallest absolute Gasteiger partial charge is 0.148 e. The van der Waals surface area contributed by atoms with E-state index in [1.807, 2.05) is 7.05 Å². The molecule has 6 heteroatoms. The van der Waals surface area contributed by atoms with Crippen LogP contribution in [-0.2, 0) is 13.0 Å². The first kappa shape index (κ1) is 13.8. The molecule has 0 aromatic carbocycles. The second-order valence-electron chi connectivity index (χ2n) is 4.41. The van der Waals surface area contributed by atoms with Crippen molar-refractivity contribution in [2.24, 2.45) is 5.84 Å². The number of hydrogen-bond acceptors (Lipinski definition) is 6. The zero-order valence-electron chi connectivity index (χ0n) is 11.3. The largest absolute Gasteiger partial charge is 0.355 e. The first-order valence-corrected chi connectivity index (χ1v) is 7.23. The van der Waals surface area contributed by atoms with E-state index < -0.39 is 0 Å². The maximum Gasteiger partial charge on any atom is 0.148 e. The highest BCUT2D eigenvalue weighted by molar-refractivity contribution is 7.07. The monoisotopic (exact) mass is 277 g/mol. The number of aromatic nitrogens is 2. The molecule has 3 N–H and O–H groups in total. The lowest BCUT2D eigenvalue weighted by Crippen LogP contribution is -2.21. The number of anilines is 2. The van der Waals surface area contributed by atoms with Crippen LogP contribution in [0, 0.1) is 0 Å². The third kappa shape index (κ3) is 3.21. The second kappa shape index (κ2) is 6.49. The van der Waals surface area contributed by atoms with Crippen molar-refractivity contribution in [2.45, 2.75) is 26.3 Å². The molecule has 2 heterocycles. The van der Waals surface area contributed by atoms with Gasteiger partial charge in [0, 0.05) is 19.2 Å². The van der Waals surface area contributed by atoms with E-state index in [-0.39, 0.29) is 0 Å². The van der Waals surface area contributed by atoms with Gasteiger partial charge in [0.2, 0.25) is 0 Å². The van der Waals surface area contributed by atoms with E-state index in [1.165, 1.54) is 5.56 Å². The highest BCUT2D eigenvalue weighted by Gasteiger charge is 2.14. The van der Waals surface area contributed by atoms with Gasteiger partial charge >= 0.3 is 0 Å². The number of thiophene rings is 1. The van der Waals surface area contributed by atoms with Gasteiger partial charge in [0.15, 0.2) is 0 Å². The first-order valence-electron chi connectivity index (χ1n) is 6.29. The minimum Gasteiger partial charge on any atom is -0.355 e. The Balaban J connectivity index is 2.27. The number of nitrogens with one attached hydrogen (secondary N) is 1. The molecule has 5 nitrogen and oxygen atoms in total. The zero-order chi connectivity index (χ0) is 13.7. The summed E-state index contributed by atoms with van der Waals surface area (Å²) in [6.45, 7) is 2.97. The molecule has 0 saturated heterocycles. The zero-order valence-corrected chi connectivity index (χ0v) is 12.1. The van der Waals surface area contributed by atoms with Crippen molar-refractivity contribution < 1.29 is 0 Å². The van der Waals surface area contributed by atoms with Gasteiger partial charge < -0.3 is 10.3 Å². The Morgan fingerprint density at radius 1 is 1.42 bits per heavy atom. The van der Waals surface area contributed by atoms with E-state index in [0.29, 0.717) is 5.82 Å². The summed E-state index contributed by atoms with van der Waals surface area (Å²) >= 11 is 1.71. The van der Waals surface area contributed by atoms with Crippen LogP contribution >= 0.6 is 11.3 Å². The van der Waals surface area contributed by atoms with Gasteiger partial charge in [0.25, 0.3) is 0 Å². The van der Waals surface area contributed by atoms with Crippen LogP contribution in [0.25, 0.3) is 0 Å². The fourth-order valence-electron chi connectivity index (χ4n) is 2.07. The third-order valence-electron chi connectivity index (χ3n) is 2.92. The van der Waals surface area contributed by atoms with Crippen LogP contribution in [0.15, 0.2) is 23.2 Å². The summed E-state index contributed by atoms with van der Waals surface area (Å²) in [6.07, 6.45) is 3.48. The molecule has 2 rings (SSSR count). The molecule has 0 aliphatic heterocycles. The highest BCUT2D eigenvalue weighted by Crippen LogP contribution is 2.25. The molecule has 0 radical (unpaired) electrons. The minimum atomic E-state index is 0.712. The number of nitrogens with zero attached hydrogens (tertiary/aromatic N) is 3. The molecule has 0 fully saturated rings. The average Bonchev–Trinajstić information content (AvgIpc) is 2.92. The number of hydrazine groups is 1. The topological polar surface area (TPSA) is 67.1 Å². The summed E-state index contributed by atoms with van der Waals surface area (Å²) in [4.78, 5) is 10.7. The van der Waals surface area contributed by atoms with Crippen molar-refractivity contribution in [3.8, 4) is 0 Å². The van der Waals surface area contributed by atoms with Crippen molar-refractivity contribution >= 4 is 23.0 Å². The maximum absolute atomic E-state index is 5.53. The molecule has 0 atom stereocenters. The van der Waals surface area contributed by atoms with Crippen LogP contribution in [0.5, 0.6) is 0 Å². The molecule has 0 saturated carbocycles. The second-order valence-corrected chi connectivity index (χ2v) is 5.19.